The van der Waals surface area contributed by atoms with E-state index in [2.05, 4.69) is 10.3 Å². The molecule has 0 unspecified atom stereocenters. The number of nitrogens with two attached hydrogens (primary N) is 1. The second kappa shape index (κ2) is 13.0. The molecule has 0 aliphatic heterocycles. The van der Waals surface area contributed by atoms with Gasteiger partial charge in [-0.15, -0.1) is 0 Å². The molecule has 11 heteroatoms. The number of hydrogen-bond donors (Lipinski definition) is 3. The first kappa shape index (κ1) is 26.4. The lowest BCUT2D eigenvalue weighted by molar-refractivity contribution is -0.147. The maximum Gasteiger partial charge on any atom is 0.330 e. The summed E-state index contributed by atoms with van der Waals surface area (Å²) in [6.07, 6.45) is 1.98. The van der Waals surface area contributed by atoms with E-state index in [1.165, 1.54) is 4.57 Å². The molecular weight excluding hydrogens is 442 g/mol. The van der Waals surface area contributed by atoms with Crippen molar-refractivity contribution in [1.82, 2.24) is 14.9 Å². The standard InChI is InChI=1S/C23H31N5O6/c1-3-5-12-27(20-21(24)28(11-4-2)23(33)26-22(20)32)18(30)15-34-19(31)14-25-17(29)13-16-9-7-6-8-10-16/h6-10H,3-5,11-15,24H2,1-2H3,(H,25,29)(H,26,32,33). The Morgan fingerprint density at radius 3 is 2.47 bits per heavy atom. The van der Waals surface area contributed by atoms with Crippen LogP contribution in [0, 0.1) is 0 Å². The molecule has 2 aromatic rings. The Hall–Kier alpha value is -3.89. The lowest BCUT2D eigenvalue weighted by Gasteiger charge is -2.24. The Morgan fingerprint density at radius 1 is 1.12 bits per heavy atom. The smallest absolute Gasteiger partial charge is 0.330 e. The Balaban J connectivity index is 2.04. The molecule has 4 N–H and O–H groups in total. The first-order valence-corrected chi connectivity index (χ1v) is 11.2. The van der Waals surface area contributed by atoms with Crippen LogP contribution in [0.1, 0.15) is 38.7 Å². The summed E-state index contributed by atoms with van der Waals surface area (Å²) in [6.45, 7) is 3.11. The molecule has 0 atom stereocenters. The third-order valence-corrected chi connectivity index (χ3v) is 4.96. The molecule has 11 nitrogen and oxygen atoms in total. The lowest BCUT2D eigenvalue weighted by atomic mass is 10.1. The van der Waals surface area contributed by atoms with Crippen molar-refractivity contribution in [2.75, 3.05) is 30.3 Å². The van der Waals surface area contributed by atoms with Crippen molar-refractivity contribution in [3.8, 4) is 0 Å². The second-order valence-corrected chi connectivity index (χ2v) is 7.64. The van der Waals surface area contributed by atoms with Crippen LogP contribution in [0.5, 0.6) is 0 Å². The summed E-state index contributed by atoms with van der Waals surface area (Å²) < 4.78 is 6.19. The van der Waals surface area contributed by atoms with Gasteiger partial charge in [0, 0.05) is 13.1 Å². The SMILES string of the molecule is CCCCN(C(=O)COC(=O)CNC(=O)Cc1ccccc1)c1c(N)n(CCC)c(=O)[nH]c1=O. The fraction of sp³-hybridized carbons (Fsp3) is 0.435. The zero-order valence-corrected chi connectivity index (χ0v) is 19.5. The number of nitrogens with one attached hydrogen (secondary N) is 2. The van der Waals surface area contributed by atoms with Crippen LogP contribution >= 0.6 is 0 Å². The molecule has 2 rings (SSSR count). The maximum absolute atomic E-state index is 12.9. The third kappa shape index (κ3) is 7.32. The zero-order chi connectivity index (χ0) is 25.1. The number of ether oxygens (including phenoxy) is 1. The average Bonchev–Trinajstić information content (AvgIpc) is 2.81. The Labute approximate surface area is 196 Å². The van der Waals surface area contributed by atoms with Crippen LogP contribution in [0.4, 0.5) is 11.5 Å². The number of hydrogen-bond acceptors (Lipinski definition) is 7. The molecule has 34 heavy (non-hydrogen) atoms. The van der Waals surface area contributed by atoms with Crippen molar-refractivity contribution < 1.29 is 19.1 Å². The minimum Gasteiger partial charge on any atom is -0.454 e. The molecule has 1 aromatic carbocycles. The normalized spacial score (nSPS) is 10.5. The maximum atomic E-state index is 12.9. The molecule has 184 valence electrons. The fourth-order valence-electron chi connectivity index (χ4n) is 3.25. The molecule has 0 radical (unpaired) electrons. The van der Waals surface area contributed by atoms with Gasteiger partial charge in [-0.1, -0.05) is 50.6 Å². The zero-order valence-electron chi connectivity index (χ0n) is 19.5. The summed E-state index contributed by atoms with van der Waals surface area (Å²) in [7, 11) is 0. The predicted molar refractivity (Wildman–Crippen MR) is 127 cm³/mol. The summed E-state index contributed by atoms with van der Waals surface area (Å²) in [5.41, 5.74) is 5.26. The highest BCUT2D eigenvalue weighted by Crippen LogP contribution is 2.18. The highest BCUT2D eigenvalue weighted by atomic mass is 16.5. The number of carbonyl (C=O) groups excluding carboxylic acids is 3. The molecule has 0 aliphatic carbocycles. The molecule has 0 bridgehead atoms. The van der Waals surface area contributed by atoms with E-state index in [0.29, 0.717) is 12.8 Å². The number of anilines is 2. The number of nitrogens with zero attached hydrogens (tertiary/aromatic N) is 2. The van der Waals surface area contributed by atoms with Crippen molar-refractivity contribution in [1.29, 1.82) is 0 Å². The number of aromatic nitrogens is 2. The number of unbranched alkanes of at least 4 members (excludes halogenated alkanes) is 1. The first-order valence-electron chi connectivity index (χ1n) is 11.2. The molecular formula is C23H31N5O6. The average molecular weight is 474 g/mol. The van der Waals surface area contributed by atoms with Gasteiger partial charge >= 0.3 is 11.7 Å². The third-order valence-electron chi connectivity index (χ3n) is 4.96. The number of amides is 2. The Kier molecular flexibility index (Phi) is 10.1. The van der Waals surface area contributed by atoms with Gasteiger partial charge < -0.3 is 20.7 Å². The minimum absolute atomic E-state index is 0.105. The molecule has 0 saturated carbocycles. The van der Waals surface area contributed by atoms with Crippen LogP contribution in [-0.4, -0.2) is 47.0 Å². The Bertz CT molecular complexity index is 1110. The number of esters is 1. The van der Waals surface area contributed by atoms with Gasteiger partial charge in [-0.25, -0.2) is 4.79 Å². The van der Waals surface area contributed by atoms with Gasteiger partial charge in [0.1, 0.15) is 12.4 Å². The molecule has 0 aliphatic rings. The van der Waals surface area contributed by atoms with E-state index in [1.54, 1.807) is 24.3 Å². The highest BCUT2D eigenvalue weighted by molar-refractivity contribution is 5.97. The highest BCUT2D eigenvalue weighted by Gasteiger charge is 2.24. The molecule has 0 saturated heterocycles. The molecule has 1 heterocycles. The largest absolute Gasteiger partial charge is 0.454 e. The number of carbonyl (C=O) groups is 3. The van der Waals surface area contributed by atoms with Crippen LogP contribution in [-0.2, 0) is 32.1 Å². The van der Waals surface area contributed by atoms with Crippen LogP contribution < -0.4 is 27.2 Å². The number of benzene rings is 1. The second-order valence-electron chi connectivity index (χ2n) is 7.64. The summed E-state index contributed by atoms with van der Waals surface area (Å²) in [6, 6.07) is 9.02. The summed E-state index contributed by atoms with van der Waals surface area (Å²) in [5.74, 6) is -1.96. The quantitative estimate of drug-likeness (QED) is 0.380. The molecule has 0 spiro atoms. The van der Waals surface area contributed by atoms with Crippen LogP contribution in [0.2, 0.25) is 0 Å². The van der Waals surface area contributed by atoms with Gasteiger partial charge in [0.15, 0.2) is 12.3 Å². The summed E-state index contributed by atoms with van der Waals surface area (Å²) in [5, 5.41) is 2.44. The minimum atomic E-state index is -0.803. The van der Waals surface area contributed by atoms with Gasteiger partial charge in [0.2, 0.25) is 5.91 Å². The van der Waals surface area contributed by atoms with Gasteiger partial charge in [0.05, 0.1) is 6.42 Å². The monoisotopic (exact) mass is 473 g/mol. The van der Waals surface area contributed by atoms with Gasteiger partial charge in [-0.3, -0.25) is 28.7 Å². The predicted octanol–water partition coefficient (Wildman–Crippen LogP) is 0.564. The van der Waals surface area contributed by atoms with E-state index in [4.69, 9.17) is 10.5 Å². The van der Waals surface area contributed by atoms with Crippen LogP contribution in [0.3, 0.4) is 0 Å². The fourth-order valence-corrected chi connectivity index (χ4v) is 3.25. The van der Waals surface area contributed by atoms with E-state index in [9.17, 15) is 24.0 Å². The number of H-pyrrole nitrogens is 1. The van der Waals surface area contributed by atoms with Gasteiger partial charge in [-0.2, -0.15) is 0 Å². The van der Waals surface area contributed by atoms with E-state index in [1.807, 2.05) is 19.9 Å². The summed E-state index contributed by atoms with van der Waals surface area (Å²) in [4.78, 5) is 64.8. The lowest BCUT2D eigenvalue weighted by Crippen LogP contribution is -2.43. The van der Waals surface area contributed by atoms with E-state index >= 15 is 0 Å². The van der Waals surface area contributed by atoms with Crippen molar-refractivity contribution in [2.24, 2.45) is 0 Å². The molecule has 0 fully saturated rings. The van der Waals surface area contributed by atoms with E-state index in [0.717, 1.165) is 16.9 Å². The van der Waals surface area contributed by atoms with Crippen LogP contribution in [0.15, 0.2) is 39.9 Å². The molecule has 2 amide bonds. The van der Waals surface area contributed by atoms with Gasteiger partial charge in [-0.05, 0) is 18.4 Å². The van der Waals surface area contributed by atoms with Crippen molar-refractivity contribution in [3.63, 3.8) is 0 Å². The number of rotatable bonds is 12. The summed E-state index contributed by atoms with van der Waals surface area (Å²) >= 11 is 0. The topological polar surface area (TPSA) is 157 Å². The van der Waals surface area contributed by atoms with Crippen molar-refractivity contribution in [3.05, 3.63) is 56.7 Å². The van der Waals surface area contributed by atoms with Crippen LogP contribution in [0.25, 0.3) is 0 Å². The number of nitrogen functional groups attached to an aromatic ring is 1. The van der Waals surface area contributed by atoms with Crippen molar-refractivity contribution in [2.45, 2.75) is 46.1 Å². The molecule has 1 aromatic heterocycles. The van der Waals surface area contributed by atoms with E-state index in [-0.39, 0.29) is 36.9 Å². The first-order chi connectivity index (χ1) is 16.3. The van der Waals surface area contributed by atoms with Gasteiger partial charge in [0.25, 0.3) is 11.5 Å². The number of aromatic amines is 1. The van der Waals surface area contributed by atoms with Crippen molar-refractivity contribution >= 4 is 29.3 Å². The Morgan fingerprint density at radius 2 is 1.82 bits per heavy atom. The van der Waals surface area contributed by atoms with E-state index < -0.39 is 36.3 Å².